The molecule has 0 aliphatic carbocycles. The normalized spacial score (nSPS) is 11.1. The van der Waals surface area contributed by atoms with E-state index in [1.54, 1.807) is 0 Å². The van der Waals surface area contributed by atoms with Crippen LogP contribution in [0.3, 0.4) is 0 Å². The number of aromatic nitrogens is 3. The zero-order valence-electron chi connectivity index (χ0n) is 14.3. The molecule has 0 atom stereocenters. The Labute approximate surface area is 164 Å². The van der Waals surface area contributed by atoms with E-state index in [1.165, 1.54) is 10.8 Å². The largest absolute Gasteiger partial charge is 0.208 e. The number of halogens is 1. The Balaban J connectivity index is 1.76. The molecular weight excluding hydrogens is 398 g/mol. The van der Waals surface area contributed by atoms with Gasteiger partial charge in [0.1, 0.15) is 0 Å². The summed E-state index contributed by atoms with van der Waals surface area (Å²) in [6, 6.07) is 28.9. The first-order valence-electron chi connectivity index (χ1n) is 8.67. The highest BCUT2D eigenvalue weighted by Crippen LogP contribution is 2.30. The lowest BCUT2D eigenvalue weighted by Gasteiger charge is -2.09. The average molecular weight is 412 g/mol. The van der Waals surface area contributed by atoms with E-state index in [0.29, 0.717) is 16.4 Å². The number of hydrogen-bond acceptors (Lipinski definition) is 3. The van der Waals surface area contributed by atoms with Crippen molar-refractivity contribution < 1.29 is 0 Å². The summed E-state index contributed by atoms with van der Waals surface area (Å²) >= 11 is 3.47. The van der Waals surface area contributed by atoms with Gasteiger partial charge in [0.2, 0.25) is 4.73 Å². The molecule has 0 saturated carbocycles. The standard InChI is InChI=1S/C23H14BrN3/c24-23-26-21(19-13-5-9-15-7-1-3-11-17(15)19)25-22(27-23)20-14-6-10-16-8-2-4-12-18(16)20/h1-14H. The van der Waals surface area contributed by atoms with Crippen LogP contribution >= 0.6 is 15.9 Å². The molecule has 4 aromatic carbocycles. The summed E-state index contributed by atoms with van der Waals surface area (Å²) in [5, 5.41) is 4.58. The molecule has 0 N–H and O–H groups in total. The van der Waals surface area contributed by atoms with Gasteiger partial charge in [0.05, 0.1) is 0 Å². The fourth-order valence-corrected chi connectivity index (χ4v) is 3.77. The van der Waals surface area contributed by atoms with Crippen LogP contribution in [0.4, 0.5) is 0 Å². The molecule has 4 heteroatoms. The maximum absolute atomic E-state index is 4.82. The van der Waals surface area contributed by atoms with E-state index in [1.807, 2.05) is 36.4 Å². The van der Waals surface area contributed by atoms with Gasteiger partial charge in [-0.2, -0.15) is 0 Å². The minimum absolute atomic E-state index is 0.531. The fraction of sp³-hybridized carbons (Fsp3) is 0. The van der Waals surface area contributed by atoms with Crippen molar-refractivity contribution >= 4 is 37.5 Å². The Morgan fingerprint density at radius 2 is 0.926 bits per heavy atom. The van der Waals surface area contributed by atoms with E-state index in [0.717, 1.165) is 21.9 Å². The lowest BCUT2D eigenvalue weighted by Crippen LogP contribution is -1.98. The third-order valence-corrected chi connectivity index (χ3v) is 5.02. The van der Waals surface area contributed by atoms with Crippen LogP contribution in [-0.2, 0) is 0 Å². The maximum Gasteiger partial charge on any atom is 0.200 e. The van der Waals surface area contributed by atoms with E-state index in [9.17, 15) is 0 Å². The highest BCUT2D eigenvalue weighted by atomic mass is 79.9. The first-order chi connectivity index (χ1) is 13.3. The third-order valence-electron chi connectivity index (χ3n) is 4.67. The Morgan fingerprint density at radius 3 is 1.44 bits per heavy atom. The summed E-state index contributed by atoms with van der Waals surface area (Å²) in [5.74, 6) is 1.33. The molecule has 0 bridgehead atoms. The predicted molar refractivity (Wildman–Crippen MR) is 113 cm³/mol. The minimum atomic E-state index is 0.531. The van der Waals surface area contributed by atoms with Crippen molar-refractivity contribution in [3.05, 3.63) is 89.7 Å². The lowest BCUT2D eigenvalue weighted by molar-refractivity contribution is 1.03. The highest BCUT2D eigenvalue weighted by molar-refractivity contribution is 9.10. The van der Waals surface area contributed by atoms with E-state index >= 15 is 0 Å². The molecule has 0 saturated heterocycles. The summed E-state index contributed by atoms with van der Waals surface area (Å²) < 4.78 is 0.531. The van der Waals surface area contributed by atoms with Gasteiger partial charge in [-0.1, -0.05) is 84.9 Å². The van der Waals surface area contributed by atoms with E-state index in [-0.39, 0.29) is 0 Å². The van der Waals surface area contributed by atoms with Gasteiger partial charge in [0, 0.05) is 11.1 Å². The van der Waals surface area contributed by atoms with Crippen LogP contribution in [0.1, 0.15) is 0 Å². The van der Waals surface area contributed by atoms with Gasteiger partial charge in [0.25, 0.3) is 0 Å². The van der Waals surface area contributed by atoms with Crippen molar-refractivity contribution in [2.24, 2.45) is 0 Å². The molecule has 3 nitrogen and oxygen atoms in total. The summed E-state index contributed by atoms with van der Waals surface area (Å²) in [4.78, 5) is 13.9. The average Bonchev–Trinajstić information content (AvgIpc) is 2.72. The van der Waals surface area contributed by atoms with Gasteiger partial charge in [0.15, 0.2) is 11.6 Å². The molecule has 27 heavy (non-hydrogen) atoms. The molecule has 0 aliphatic rings. The molecule has 0 fully saturated rings. The molecule has 1 aromatic heterocycles. The van der Waals surface area contributed by atoms with E-state index in [4.69, 9.17) is 4.98 Å². The van der Waals surface area contributed by atoms with Crippen LogP contribution in [0.2, 0.25) is 0 Å². The van der Waals surface area contributed by atoms with Gasteiger partial charge < -0.3 is 0 Å². The summed E-state index contributed by atoms with van der Waals surface area (Å²) in [6.45, 7) is 0. The van der Waals surface area contributed by atoms with Gasteiger partial charge in [-0.3, -0.25) is 0 Å². The zero-order chi connectivity index (χ0) is 18.2. The predicted octanol–water partition coefficient (Wildman–Crippen LogP) is 6.27. The molecule has 0 aliphatic heterocycles. The molecule has 0 spiro atoms. The monoisotopic (exact) mass is 411 g/mol. The number of benzene rings is 4. The van der Waals surface area contributed by atoms with E-state index in [2.05, 4.69) is 74.4 Å². The molecule has 5 rings (SSSR count). The smallest absolute Gasteiger partial charge is 0.200 e. The number of nitrogens with zero attached hydrogens (tertiary/aromatic N) is 3. The van der Waals surface area contributed by atoms with E-state index < -0.39 is 0 Å². The van der Waals surface area contributed by atoms with Crippen LogP contribution < -0.4 is 0 Å². The quantitative estimate of drug-likeness (QED) is 0.343. The first kappa shape index (κ1) is 16.1. The van der Waals surface area contributed by atoms with Crippen LogP contribution in [-0.4, -0.2) is 15.0 Å². The number of hydrogen-bond donors (Lipinski definition) is 0. The van der Waals surface area contributed by atoms with Crippen molar-refractivity contribution in [1.82, 2.24) is 15.0 Å². The van der Waals surface area contributed by atoms with Crippen molar-refractivity contribution in [1.29, 1.82) is 0 Å². The Hall–Kier alpha value is -3.11. The van der Waals surface area contributed by atoms with Gasteiger partial charge >= 0.3 is 0 Å². The van der Waals surface area contributed by atoms with Crippen LogP contribution in [0.15, 0.2) is 89.7 Å². The van der Waals surface area contributed by atoms with Crippen molar-refractivity contribution in [3.63, 3.8) is 0 Å². The molecule has 0 unspecified atom stereocenters. The highest BCUT2D eigenvalue weighted by Gasteiger charge is 2.13. The Morgan fingerprint density at radius 1 is 0.481 bits per heavy atom. The van der Waals surface area contributed by atoms with Gasteiger partial charge in [-0.15, -0.1) is 0 Å². The summed E-state index contributed by atoms with van der Waals surface area (Å²) in [5.41, 5.74) is 2.00. The third kappa shape index (κ3) is 2.88. The second-order valence-electron chi connectivity index (χ2n) is 6.31. The second-order valence-corrected chi connectivity index (χ2v) is 7.01. The zero-order valence-corrected chi connectivity index (χ0v) is 15.9. The fourth-order valence-electron chi connectivity index (χ4n) is 3.43. The lowest BCUT2D eigenvalue weighted by atomic mass is 10.0. The topological polar surface area (TPSA) is 38.7 Å². The molecule has 128 valence electrons. The number of rotatable bonds is 2. The SMILES string of the molecule is Brc1nc(-c2cccc3ccccc23)nc(-c2cccc3ccccc23)n1. The molecule has 0 radical (unpaired) electrons. The Kier molecular flexibility index (Phi) is 3.91. The van der Waals surface area contributed by atoms with Crippen molar-refractivity contribution in [2.45, 2.75) is 0 Å². The first-order valence-corrected chi connectivity index (χ1v) is 9.47. The molecule has 0 amide bonds. The van der Waals surface area contributed by atoms with Crippen LogP contribution in [0.5, 0.6) is 0 Å². The number of fused-ring (bicyclic) bond motifs is 2. The van der Waals surface area contributed by atoms with Crippen LogP contribution in [0, 0.1) is 0 Å². The summed E-state index contributed by atoms with van der Waals surface area (Å²) in [7, 11) is 0. The molecule has 5 aromatic rings. The van der Waals surface area contributed by atoms with Gasteiger partial charge in [-0.05, 0) is 37.5 Å². The molecular formula is C23H14BrN3. The minimum Gasteiger partial charge on any atom is -0.208 e. The van der Waals surface area contributed by atoms with Crippen molar-refractivity contribution in [2.75, 3.05) is 0 Å². The van der Waals surface area contributed by atoms with Crippen LogP contribution in [0.25, 0.3) is 44.3 Å². The second kappa shape index (κ2) is 6.56. The summed E-state index contributed by atoms with van der Waals surface area (Å²) in [6.07, 6.45) is 0. The van der Waals surface area contributed by atoms with Crippen molar-refractivity contribution in [3.8, 4) is 22.8 Å². The molecule has 1 heterocycles. The maximum atomic E-state index is 4.82. The van der Waals surface area contributed by atoms with Gasteiger partial charge in [-0.25, -0.2) is 15.0 Å². The Bertz CT molecular complexity index is 1190.